The Morgan fingerprint density at radius 1 is 1.21 bits per heavy atom. The quantitative estimate of drug-likeness (QED) is 0.450. The molecule has 1 fully saturated rings. The number of aromatic nitrogens is 2. The van der Waals surface area contributed by atoms with E-state index in [1.807, 2.05) is 4.90 Å². The average Bonchev–Trinajstić information content (AvgIpc) is 3.47. The van der Waals surface area contributed by atoms with Crippen LogP contribution in [0.2, 0.25) is 5.02 Å². The molecule has 0 saturated carbocycles. The molecule has 0 aliphatic carbocycles. The molecular weight excluding hydrogens is 460 g/mol. The number of fused-ring (bicyclic) bond motifs is 1. The van der Waals surface area contributed by atoms with Crippen LogP contribution in [0.4, 0.5) is 0 Å². The van der Waals surface area contributed by atoms with E-state index >= 15 is 0 Å². The fraction of sp³-hybridized carbons (Fsp3) is 0.333. The SMILES string of the molecule is Cc1cc(C(=O)NC(COCC(=O)O)c2nc3ccc(Cl)cc3[nH]2)ccc1C(=O)N1CCCC1. The fourth-order valence-electron chi connectivity index (χ4n) is 4.00. The second-order valence-corrected chi connectivity index (χ2v) is 8.68. The third kappa shape index (κ3) is 5.37. The van der Waals surface area contributed by atoms with Gasteiger partial charge in [-0.1, -0.05) is 11.6 Å². The summed E-state index contributed by atoms with van der Waals surface area (Å²) in [6.45, 7) is 2.69. The molecule has 10 heteroatoms. The molecular formula is C24H25ClN4O5. The van der Waals surface area contributed by atoms with Crippen LogP contribution in [0.15, 0.2) is 36.4 Å². The fourth-order valence-corrected chi connectivity index (χ4v) is 4.17. The number of H-pyrrole nitrogens is 1. The largest absolute Gasteiger partial charge is 0.480 e. The van der Waals surface area contributed by atoms with E-state index in [4.69, 9.17) is 21.4 Å². The first-order valence-corrected chi connectivity index (χ1v) is 11.3. The molecule has 0 radical (unpaired) electrons. The zero-order chi connectivity index (χ0) is 24.2. The van der Waals surface area contributed by atoms with Crippen molar-refractivity contribution in [3.63, 3.8) is 0 Å². The van der Waals surface area contributed by atoms with Gasteiger partial charge >= 0.3 is 5.97 Å². The molecule has 1 atom stereocenters. The minimum absolute atomic E-state index is 0.0251. The van der Waals surface area contributed by atoms with Crippen molar-refractivity contribution in [3.8, 4) is 0 Å². The van der Waals surface area contributed by atoms with Crippen molar-refractivity contribution in [2.45, 2.75) is 25.8 Å². The molecule has 178 valence electrons. The normalized spacial score (nSPS) is 14.4. The Morgan fingerprint density at radius 2 is 1.97 bits per heavy atom. The van der Waals surface area contributed by atoms with E-state index in [1.54, 1.807) is 43.3 Å². The maximum atomic E-state index is 13.0. The van der Waals surface area contributed by atoms with E-state index in [-0.39, 0.29) is 12.5 Å². The van der Waals surface area contributed by atoms with Gasteiger partial charge < -0.3 is 25.0 Å². The molecule has 1 aliphatic heterocycles. The number of hydrogen-bond donors (Lipinski definition) is 3. The van der Waals surface area contributed by atoms with Crippen molar-refractivity contribution in [2.24, 2.45) is 0 Å². The topological polar surface area (TPSA) is 125 Å². The van der Waals surface area contributed by atoms with Gasteiger partial charge in [0.2, 0.25) is 0 Å². The van der Waals surface area contributed by atoms with E-state index < -0.39 is 24.5 Å². The van der Waals surface area contributed by atoms with Crippen molar-refractivity contribution < 1.29 is 24.2 Å². The van der Waals surface area contributed by atoms with E-state index in [0.717, 1.165) is 25.9 Å². The van der Waals surface area contributed by atoms with Gasteiger partial charge in [0.1, 0.15) is 18.5 Å². The highest BCUT2D eigenvalue weighted by Gasteiger charge is 2.23. The van der Waals surface area contributed by atoms with Gasteiger partial charge in [-0.3, -0.25) is 9.59 Å². The first kappa shape index (κ1) is 23.7. The number of carbonyl (C=O) groups is 3. The third-order valence-corrected chi connectivity index (χ3v) is 5.96. The zero-order valence-electron chi connectivity index (χ0n) is 18.6. The highest BCUT2D eigenvalue weighted by molar-refractivity contribution is 6.31. The molecule has 1 aliphatic rings. The van der Waals surface area contributed by atoms with Gasteiger partial charge in [0.15, 0.2) is 0 Å². The predicted molar refractivity (Wildman–Crippen MR) is 126 cm³/mol. The summed E-state index contributed by atoms with van der Waals surface area (Å²) in [5.74, 6) is -1.13. The number of benzene rings is 2. The molecule has 4 rings (SSSR count). The summed E-state index contributed by atoms with van der Waals surface area (Å²) in [5, 5.41) is 12.3. The highest BCUT2D eigenvalue weighted by atomic mass is 35.5. The van der Waals surface area contributed by atoms with Crippen LogP contribution in [0.5, 0.6) is 0 Å². The van der Waals surface area contributed by atoms with Crippen LogP contribution in [-0.2, 0) is 9.53 Å². The number of aliphatic carboxylic acids is 1. The average molecular weight is 485 g/mol. The number of aryl methyl sites for hydroxylation is 1. The number of aromatic amines is 1. The van der Waals surface area contributed by atoms with Crippen LogP contribution >= 0.6 is 11.6 Å². The summed E-state index contributed by atoms with van der Waals surface area (Å²) in [6.07, 6.45) is 2.01. The number of ether oxygens (including phenoxy) is 1. The standard InChI is InChI=1S/C24H25ClN4O5/c1-14-10-15(4-6-17(14)24(33)29-8-2-3-9-29)23(32)28-20(12-34-13-21(30)31)22-26-18-7-5-16(25)11-19(18)27-22/h4-7,10-11,20H,2-3,8-9,12-13H2,1H3,(H,26,27)(H,28,32)(H,30,31). The zero-order valence-corrected chi connectivity index (χ0v) is 19.4. The number of carboxylic acids is 1. The summed E-state index contributed by atoms with van der Waals surface area (Å²) in [5.41, 5.74) is 2.99. The van der Waals surface area contributed by atoms with E-state index in [2.05, 4.69) is 15.3 Å². The second kappa shape index (κ2) is 10.2. The summed E-state index contributed by atoms with van der Waals surface area (Å²) in [7, 11) is 0. The molecule has 1 aromatic heterocycles. The number of rotatable bonds is 8. The van der Waals surface area contributed by atoms with Crippen molar-refractivity contribution >= 4 is 40.4 Å². The van der Waals surface area contributed by atoms with Crippen LogP contribution in [0.25, 0.3) is 11.0 Å². The lowest BCUT2D eigenvalue weighted by Gasteiger charge is -2.18. The van der Waals surface area contributed by atoms with Gasteiger partial charge in [0, 0.05) is 29.2 Å². The number of amides is 2. The third-order valence-electron chi connectivity index (χ3n) is 5.72. The number of imidazole rings is 1. The molecule has 1 saturated heterocycles. The van der Waals surface area contributed by atoms with E-state index in [1.165, 1.54) is 0 Å². The number of hydrogen-bond acceptors (Lipinski definition) is 5. The van der Waals surface area contributed by atoms with Gasteiger partial charge in [-0.2, -0.15) is 0 Å². The Hall–Kier alpha value is -3.43. The van der Waals surface area contributed by atoms with Crippen LogP contribution in [-0.4, -0.2) is 64.1 Å². The van der Waals surface area contributed by atoms with Crippen molar-refractivity contribution in [1.29, 1.82) is 0 Å². The Morgan fingerprint density at radius 3 is 2.68 bits per heavy atom. The summed E-state index contributed by atoms with van der Waals surface area (Å²) in [4.78, 5) is 46.1. The summed E-state index contributed by atoms with van der Waals surface area (Å²) >= 11 is 6.05. The number of carbonyl (C=O) groups excluding carboxylic acids is 2. The molecule has 3 aromatic rings. The molecule has 3 N–H and O–H groups in total. The number of nitrogens with one attached hydrogen (secondary N) is 2. The van der Waals surface area contributed by atoms with Crippen LogP contribution < -0.4 is 5.32 Å². The monoisotopic (exact) mass is 484 g/mol. The Balaban J connectivity index is 1.53. The van der Waals surface area contributed by atoms with Crippen molar-refractivity contribution in [3.05, 3.63) is 63.9 Å². The molecule has 34 heavy (non-hydrogen) atoms. The highest BCUT2D eigenvalue weighted by Crippen LogP contribution is 2.22. The molecule has 0 bridgehead atoms. The van der Waals surface area contributed by atoms with Crippen molar-refractivity contribution in [1.82, 2.24) is 20.2 Å². The minimum Gasteiger partial charge on any atom is -0.480 e. The Kier molecular flexibility index (Phi) is 7.14. The Bertz CT molecular complexity index is 1240. The molecule has 2 aromatic carbocycles. The lowest BCUT2D eigenvalue weighted by molar-refractivity contribution is -0.142. The number of likely N-dealkylation sites (tertiary alicyclic amines) is 1. The predicted octanol–water partition coefficient (Wildman–Crippen LogP) is 3.33. The Labute approximate surface area is 201 Å². The minimum atomic E-state index is -1.12. The molecule has 2 heterocycles. The molecule has 0 spiro atoms. The lowest BCUT2D eigenvalue weighted by Crippen LogP contribution is -2.33. The van der Waals surface area contributed by atoms with Gasteiger partial charge in [-0.05, 0) is 61.7 Å². The van der Waals surface area contributed by atoms with Crippen LogP contribution in [0, 0.1) is 6.92 Å². The van der Waals surface area contributed by atoms with Crippen molar-refractivity contribution in [2.75, 3.05) is 26.3 Å². The first-order chi connectivity index (χ1) is 16.3. The first-order valence-electron chi connectivity index (χ1n) is 11.0. The van der Waals surface area contributed by atoms with E-state index in [0.29, 0.717) is 38.6 Å². The van der Waals surface area contributed by atoms with Crippen LogP contribution in [0.3, 0.4) is 0 Å². The summed E-state index contributed by atoms with van der Waals surface area (Å²) < 4.78 is 5.25. The van der Waals surface area contributed by atoms with Crippen LogP contribution in [0.1, 0.15) is 51.0 Å². The maximum Gasteiger partial charge on any atom is 0.329 e. The second-order valence-electron chi connectivity index (χ2n) is 8.25. The smallest absolute Gasteiger partial charge is 0.329 e. The number of nitrogens with zero attached hydrogens (tertiary/aromatic N) is 2. The van der Waals surface area contributed by atoms with Gasteiger partial charge in [0.05, 0.1) is 17.6 Å². The molecule has 1 unspecified atom stereocenters. The van der Waals surface area contributed by atoms with Gasteiger partial charge in [0.25, 0.3) is 11.8 Å². The molecule has 9 nitrogen and oxygen atoms in total. The lowest BCUT2D eigenvalue weighted by atomic mass is 10.0. The molecule has 2 amide bonds. The number of halogens is 1. The van der Waals surface area contributed by atoms with Gasteiger partial charge in [-0.25, -0.2) is 9.78 Å². The van der Waals surface area contributed by atoms with Gasteiger partial charge in [-0.15, -0.1) is 0 Å². The van der Waals surface area contributed by atoms with E-state index in [9.17, 15) is 14.4 Å². The maximum absolute atomic E-state index is 13.0. The number of carboxylic acid groups (broad SMARTS) is 1. The summed E-state index contributed by atoms with van der Waals surface area (Å²) in [6, 6.07) is 9.38.